The SMILES string of the molecule is CCCNNC1=NC2C=CC1C2. The zero-order valence-corrected chi connectivity index (χ0v) is 7.38. The van der Waals surface area contributed by atoms with E-state index in [1.54, 1.807) is 0 Å². The number of nitrogens with zero attached hydrogens (tertiary/aromatic N) is 1. The molecule has 2 N–H and O–H groups in total. The molecule has 3 heteroatoms. The van der Waals surface area contributed by atoms with Gasteiger partial charge in [0.15, 0.2) is 0 Å². The third kappa shape index (κ3) is 1.37. The Bertz CT molecular complexity index is 220. The summed E-state index contributed by atoms with van der Waals surface area (Å²) in [5.74, 6) is 1.68. The minimum atomic E-state index is 0.459. The van der Waals surface area contributed by atoms with Gasteiger partial charge in [0.05, 0.1) is 6.04 Å². The summed E-state index contributed by atoms with van der Waals surface area (Å²) in [7, 11) is 0. The Kier molecular flexibility index (Phi) is 2.13. The van der Waals surface area contributed by atoms with Crippen molar-refractivity contribution in [3.05, 3.63) is 12.2 Å². The van der Waals surface area contributed by atoms with E-state index in [0.717, 1.165) is 18.8 Å². The van der Waals surface area contributed by atoms with Crippen LogP contribution in [0.4, 0.5) is 0 Å². The van der Waals surface area contributed by atoms with Crippen LogP contribution in [0.3, 0.4) is 0 Å². The molecule has 2 unspecified atom stereocenters. The van der Waals surface area contributed by atoms with Gasteiger partial charge in [-0.15, -0.1) is 0 Å². The first-order chi connectivity index (χ1) is 5.90. The van der Waals surface area contributed by atoms with E-state index < -0.39 is 0 Å². The van der Waals surface area contributed by atoms with Crippen LogP contribution in [0.25, 0.3) is 0 Å². The first-order valence-corrected chi connectivity index (χ1v) is 4.65. The molecular formula is C9H15N3. The zero-order valence-electron chi connectivity index (χ0n) is 7.38. The van der Waals surface area contributed by atoms with E-state index in [4.69, 9.17) is 0 Å². The molecule has 0 aromatic rings. The highest BCUT2D eigenvalue weighted by atomic mass is 15.4. The van der Waals surface area contributed by atoms with Gasteiger partial charge in [0.2, 0.25) is 0 Å². The maximum Gasteiger partial charge on any atom is 0.118 e. The fourth-order valence-electron chi connectivity index (χ4n) is 1.66. The predicted octanol–water partition coefficient (Wildman–Crippen LogP) is 0.847. The normalized spacial score (nSPS) is 30.9. The van der Waals surface area contributed by atoms with Crippen molar-refractivity contribution in [2.24, 2.45) is 10.9 Å². The van der Waals surface area contributed by atoms with Crippen molar-refractivity contribution in [1.29, 1.82) is 0 Å². The number of rotatable bonds is 3. The molecule has 66 valence electrons. The topological polar surface area (TPSA) is 36.4 Å². The summed E-state index contributed by atoms with van der Waals surface area (Å²) >= 11 is 0. The molecule has 3 nitrogen and oxygen atoms in total. The lowest BCUT2D eigenvalue weighted by molar-refractivity contribution is 0.626. The Hall–Kier alpha value is -0.830. The maximum absolute atomic E-state index is 4.48. The number of aliphatic imine (C=N–C) groups is 1. The molecule has 0 spiro atoms. The summed E-state index contributed by atoms with van der Waals surface area (Å²) < 4.78 is 0. The summed E-state index contributed by atoms with van der Waals surface area (Å²) in [4.78, 5) is 4.48. The van der Waals surface area contributed by atoms with Crippen molar-refractivity contribution >= 4 is 5.84 Å². The van der Waals surface area contributed by atoms with E-state index >= 15 is 0 Å². The summed E-state index contributed by atoms with van der Waals surface area (Å²) in [5, 5.41) is 0. The predicted molar refractivity (Wildman–Crippen MR) is 49.9 cm³/mol. The molecule has 1 aliphatic carbocycles. The highest BCUT2D eigenvalue weighted by Crippen LogP contribution is 2.27. The van der Waals surface area contributed by atoms with Crippen molar-refractivity contribution in [1.82, 2.24) is 10.9 Å². The highest BCUT2D eigenvalue weighted by Gasteiger charge is 2.29. The van der Waals surface area contributed by atoms with E-state index in [2.05, 4.69) is 34.9 Å². The summed E-state index contributed by atoms with van der Waals surface area (Å²) in [5.41, 5.74) is 6.31. The largest absolute Gasteiger partial charge is 0.309 e. The van der Waals surface area contributed by atoms with Gasteiger partial charge in [0, 0.05) is 12.5 Å². The fraction of sp³-hybridized carbons (Fsp3) is 0.667. The van der Waals surface area contributed by atoms with Gasteiger partial charge in [0.1, 0.15) is 5.84 Å². The Morgan fingerprint density at radius 2 is 2.50 bits per heavy atom. The first-order valence-electron chi connectivity index (χ1n) is 4.65. The minimum absolute atomic E-state index is 0.459. The molecule has 0 saturated heterocycles. The molecule has 1 aliphatic heterocycles. The molecule has 2 aliphatic rings. The van der Waals surface area contributed by atoms with Gasteiger partial charge < -0.3 is 5.43 Å². The first kappa shape index (κ1) is 7.80. The van der Waals surface area contributed by atoms with E-state index in [0.29, 0.717) is 12.0 Å². The van der Waals surface area contributed by atoms with Gasteiger partial charge in [0.25, 0.3) is 0 Å². The Morgan fingerprint density at radius 3 is 3.08 bits per heavy atom. The second-order valence-corrected chi connectivity index (χ2v) is 3.36. The lowest BCUT2D eigenvalue weighted by Gasteiger charge is -2.11. The molecule has 2 atom stereocenters. The molecule has 0 fully saturated rings. The number of hydrogen-bond donors (Lipinski definition) is 2. The van der Waals surface area contributed by atoms with Crippen LogP contribution in [-0.4, -0.2) is 18.4 Å². The van der Waals surface area contributed by atoms with Crippen molar-refractivity contribution in [3.63, 3.8) is 0 Å². The lowest BCUT2D eigenvalue weighted by atomic mass is 10.1. The van der Waals surface area contributed by atoms with Crippen LogP contribution in [0.5, 0.6) is 0 Å². The number of hydrazine groups is 1. The average molecular weight is 165 g/mol. The van der Waals surface area contributed by atoms with Crippen LogP contribution in [-0.2, 0) is 0 Å². The minimum Gasteiger partial charge on any atom is -0.309 e. The van der Waals surface area contributed by atoms with Crippen LogP contribution >= 0.6 is 0 Å². The van der Waals surface area contributed by atoms with Gasteiger partial charge in [-0.05, 0) is 12.8 Å². The van der Waals surface area contributed by atoms with Gasteiger partial charge in [-0.2, -0.15) is 0 Å². The van der Waals surface area contributed by atoms with Gasteiger partial charge >= 0.3 is 0 Å². The van der Waals surface area contributed by atoms with E-state index in [1.807, 2.05) is 0 Å². The molecular weight excluding hydrogens is 150 g/mol. The highest BCUT2D eigenvalue weighted by molar-refractivity contribution is 5.89. The Morgan fingerprint density at radius 1 is 1.58 bits per heavy atom. The number of fused-ring (bicyclic) bond motifs is 2. The van der Waals surface area contributed by atoms with Crippen molar-refractivity contribution in [2.45, 2.75) is 25.8 Å². The van der Waals surface area contributed by atoms with Crippen LogP contribution in [0.15, 0.2) is 17.1 Å². The van der Waals surface area contributed by atoms with Crippen molar-refractivity contribution in [2.75, 3.05) is 6.54 Å². The molecule has 0 aromatic heterocycles. The van der Waals surface area contributed by atoms with E-state index in [-0.39, 0.29) is 0 Å². The van der Waals surface area contributed by atoms with Gasteiger partial charge in [-0.1, -0.05) is 19.1 Å². The quantitative estimate of drug-likeness (QED) is 0.369. The Labute approximate surface area is 72.9 Å². The number of nitrogens with one attached hydrogen (secondary N) is 2. The van der Waals surface area contributed by atoms with Crippen LogP contribution < -0.4 is 10.9 Å². The second kappa shape index (κ2) is 3.27. The molecule has 2 rings (SSSR count). The third-order valence-electron chi connectivity index (χ3n) is 2.31. The lowest BCUT2D eigenvalue weighted by Crippen LogP contribution is -2.39. The zero-order chi connectivity index (χ0) is 8.39. The second-order valence-electron chi connectivity index (χ2n) is 3.36. The summed E-state index contributed by atoms with van der Waals surface area (Å²) in [6.07, 6.45) is 6.75. The average Bonchev–Trinajstić information content (AvgIpc) is 2.65. The maximum atomic E-state index is 4.48. The standard InChI is InChI=1S/C9H15N3/c1-2-5-10-12-9-7-3-4-8(6-7)11-9/h3-4,7-8,10H,2,5-6H2,1H3,(H,11,12). The van der Waals surface area contributed by atoms with Crippen molar-refractivity contribution < 1.29 is 0 Å². The summed E-state index contributed by atoms with van der Waals surface area (Å²) in [6.45, 7) is 3.15. The van der Waals surface area contributed by atoms with Crippen LogP contribution in [0.2, 0.25) is 0 Å². The molecule has 0 amide bonds. The number of amidine groups is 1. The molecule has 0 aromatic carbocycles. The number of hydrogen-bond acceptors (Lipinski definition) is 3. The molecule has 0 saturated carbocycles. The number of dihydropyridines is 1. The van der Waals surface area contributed by atoms with Crippen molar-refractivity contribution in [3.8, 4) is 0 Å². The van der Waals surface area contributed by atoms with Gasteiger partial charge in [-0.3, -0.25) is 4.99 Å². The molecule has 1 heterocycles. The molecule has 0 radical (unpaired) electrons. The third-order valence-corrected chi connectivity index (χ3v) is 2.31. The summed E-state index contributed by atoms with van der Waals surface area (Å²) in [6, 6.07) is 0.459. The van der Waals surface area contributed by atoms with Gasteiger partial charge in [-0.25, -0.2) is 5.43 Å². The molecule has 12 heavy (non-hydrogen) atoms. The monoisotopic (exact) mass is 165 g/mol. The molecule has 2 bridgehead atoms. The van der Waals surface area contributed by atoms with Crippen LogP contribution in [0.1, 0.15) is 19.8 Å². The smallest absolute Gasteiger partial charge is 0.118 e. The van der Waals surface area contributed by atoms with E-state index in [9.17, 15) is 0 Å². The fourth-order valence-corrected chi connectivity index (χ4v) is 1.66. The van der Waals surface area contributed by atoms with E-state index in [1.165, 1.54) is 6.42 Å². The Balaban J connectivity index is 1.79. The van der Waals surface area contributed by atoms with Crippen LogP contribution in [0, 0.1) is 5.92 Å².